The van der Waals surface area contributed by atoms with E-state index >= 15 is 0 Å². The van der Waals surface area contributed by atoms with Crippen LogP contribution < -0.4 is 0 Å². The SMILES string of the molecule is COC(=O)N1N=C(c2ccc(Cl)cc2)CC1CBr. The number of rotatable bonds is 2. The highest BCUT2D eigenvalue weighted by Gasteiger charge is 2.31. The quantitative estimate of drug-likeness (QED) is 0.780. The minimum atomic E-state index is -0.441. The van der Waals surface area contributed by atoms with Gasteiger partial charge >= 0.3 is 6.09 Å². The Kier molecular flexibility index (Phi) is 4.24. The minimum absolute atomic E-state index is 0.0110. The molecule has 2 rings (SSSR count). The van der Waals surface area contributed by atoms with Crippen molar-refractivity contribution in [2.24, 2.45) is 5.10 Å². The van der Waals surface area contributed by atoms with Crippen molar-refractivity contribution in [3.05, 3.63) is 34.9 Å². The van der Waals surface area contributed by atoms with E-state index in [4.69, 9.17) is 16.3 Å². The van der Waals surface area contributed by atoms with E-state index in [1.165, 1.54) is 12.1 Å². The molecule has 0 bridgehead atoms. The number of carbonyl (C=O) groups excluding carboxylic acids is 1. The lowest BCUT2D eigenvalue weighted by Gasteiger charge is -2.17. The van der Waals surface area contributed by atoms with E-state index in [0.29, 0.717) is 16.8 Å². The number of hydrazone groups is 1. The lowest BCUT2D eigenvalue weighted by atomic mass is 10.1. The van der Waals surface area contributed by atoms with Crippen LogP contribution in [0.15, 0.2) is 29.4 Å². The molecular weight excluding hydrogens is 320 g/mol. The molecule has 6 heteroatoms. The Bertz CT molecular complexity index is 475. The molecule has 0 saturated carbocycles. The molecule has 18 heavy (non-hydrogen) atoms. The molecule has 0 aromatic heterocycles. The zero-order valence-electron chi connectivity index (χ0n) is 9.77. The van der Waals surface area contributed by atoms with Gasteiger partial charge in [0.2, 0.25) is 0 Å². The molecule has 96 valence electrons. The third kappa shape index (κ3) is 2.67. The Morgan fingerprint density at radius 1 is 1.56 bits per heavy atom. The zero-order valence-corrected chi connectivity index (χ0v) is 12.1. The number of amides is 1. The van der Waals surface area contributed by atoms with E-state index in [2.05, 4.69) is 21.0 Å². The fourth-order valence-electron chi connectivity index (χ4n) is 1.78. The number of alkyl halides is 1. The van der Waals surface area contributed by atoms with Crippen molar-refractivity contribution in [1.29, 1.82) is 0 Å². The van der Waals surface area contributed by atoms with Crippen LogP contribution in [0.1, 0.15) is 12.0 Å². The van der Waals surface area contributed by atoms with Gasteiger partial charge in [-0.2, -0.15) is 10.1 Å². The molecule has 1 atom stereocenters. The second-order valence-corrected chi connectivity index (χ2v) is 4.96. The van der Waals surface area contributed by atoms with E-state index in [-0.39, 0.29) is 6.04 Å². The van der Waals surface area contributed by atoms with Gasteiger partial charge in [0, 0.05) is 16.8 Å². The fraction of sp³-hybridized carbons (Fsp3) is 0.333. The summed E-state index contributed by atoms with van der Waals surface area (Å²) in [6.45, 7) is 0. The molecule has 1 amide bonds. The zero-order chi connectivity index (χ0) is 13.1. The molecule has 0 fully saturated rings. The number of benzene rings is 1. The van der Waals surface area contributed by atoms with E-state index in [9.17, 15) is 4.79 Å². The summed E-state index contributed by atoms with van der Waals surface area (Å²) in [6.07, 6.45) is 0.255. The van der Waals surface area contributed by atoms with Crippen LogP contribution >= 0.6 is 27.5 Å². The van der Waals surface area contributed by atoms with Crippen LogP contribution in [-0.2, 0) is 4.74 Å². The highest BCUT2D eigenvalue weighted by atomic mass is 79.9. The number of hydrogen-bond acceptors (Lipinski definition) is 3. The van der Waals surface area contributed by atoms with Gasteiger partial charge in [0.05, 0.1) is 18.9 Å². The summed E-state index contributed by atoms with van der Waals surface area (Å²) in [5, 5.41) is 7.02. The Morgan fingerprint density at radius 3 is 2.78 bits per heavy atom. The molecule has 0 aliphatic carbocycles. The first-order valence-corrected chi connectivity index (χ1v) is 6.92. The Labute approximate surface area is 119 Å². The Morgan fingerprint density at radius 2 is 2.22 bits per heavy atom. The molecule has 1 aliphatic heterocycles. The van der Waals surface area contributed by atoms with E-state index in [1.807, 2.05) is 24.3 Å². The predicted molar refractivity (Wildman–Crippen MR) is 74.4 cm³/mol. The number of carbonyl (C=O) groups is 1. The van der Waals surface area contributed by atoms with Gasteiger partial charge in [0.1, 0.15) is 0 Å². The van der Waals surface area contributed by atoms with Crippen LogP contribution in [0.4, 0.5) is 4.79 Å². The normalized spacial score (nSPS) is 18.7. The largest absolute Gasteiger partial charge is 0.451 e. The number of ether oxygens (including phenoxy) is 1. The van der Waals surface area contributed by atoms with Crippen LogP contribution in [0, 0.1) is 0 Å². The van der Waals surface area contributed by atoms with Crippen molar-refractivity contribution in [2.75, 3.05) is 12.4 Å². The molecule has 0 saturated heterocycles. The van der Waals surface area contributed by atoms with Crippen molar-refractivity contribution in [2.45, 2.75) is 12.5 Å². The molecule has 1 aliphatic rings. The topological polar surface area (TPSA) is 41.9 Å². The van der Waals surface area contributed by atoms with Gasteiger partial charge in [-0.15, -0.1) is 0 Å². The lowest BCUT2D eigenvalue weighted by molar-refractivity contribution is 0.117. The molecule has 0 radical (unpaired) electrons. The molecule has 1 aromatic carbocycles. The maximum absolute atomic E-state index is 11.6. The third-order valence-corrected chi connectivity index (χ3v) is 3.72. The average Bonchev–Trinajstić information content (AvgIpc) is 2.82. The molecular formula is C12H12BrClN2O2. The lowest BCUT2D eigenvalue weighted by Crippen LogP contribution is -2.33. The van der Waals surface area contributed by atoms with Gasteiger partial charge in [-0.1, -0.05) is 39.7 Å². The van der Waals surface area contributed by atoms with Crippen molar-refractivity contribution < 1.29 is 9.53 Å². The first kappa shape index (κ1) is 13.4. The summed E-state index contributed by atoms with van der Waals surface area (Å²) in [4.78, 5) is 11.6. The van der Waals surface area contributed by atoms with Crippen LogP contribution in [-0.4, -0.2) is 35.3 Å². The summed E-state index contributed by atoms with van der Waals surface area (Å²) in [7, 11) is 1.35. The molecule has 0 N–H and O–H groups in total. The molecule has 4 nitrogen and oxygen atoms in total. The number of halogens is 2. The molecule has 1 heterocycles. The number of hydrogen-bond donors (Lipinski definition) is 0. The van der Waals surface area contributed by atoms with Gasteiger partial charge in [0.15, 0.2) is 0 Å². The van der Waals surface area contributed by atoms with E-state index in [0.717, 1.165) is 11.3 Å². The second-order valence-electron chi connectivity index (χ2n) is 3.88. The highest BCUT2D eigenvalue weighted by Crippen LogP contribution is 2.23. The Balaban J connectivity index is 2.24. The summed E-state index contributed by atoms with van der Waals surface area (Å²) in [6, 6.07) is 7.40. The van der Waals surface area contributed by atoms with Gasteiger partial charge in [0.25, 0.3) is 0 Å². The Hall–Kier alpha value is -1.07. The van der Waals surface area contributed by atoms with E-state index < -0.39 is 6.09 Å². The number of nitrogens with zero attached hydrogens (tertiary/aromatic N) is 2. The average molecular weight is 332 g/mol. The molecule has 0 spiro atoms. The monoisotopic (exact) mass is 330 g/mol. The molecule has 1 unspecified atom stereocenters. The fourth-order valence-corrected chi connectivity index (χ4v) is 2.41. The van der Waals surface area contributed by atoms with Gasteiger partial charge in [-0.05, 0) is 17.7 Å². The van der Waals surface area contributed by atoms with Crippen molar-refractivity contribution >= 4 is 39.3 Å². The van der Waals surface area contributed by atoms with Gasteiger partial charge in [-0.3, -0.25) is 0 Å². The minimum Gasteiger partial charge on any atom is -0.451 e. The van der Waals surface area contributed by atoms with Gasteiger partial charge in [-0.25, -0.2) is 4.79 Å². The van der Waals surface area contributed by atoms with Crippen LogP contribution in [0.2, 0.25) is 5.02 Å². The first-order valence-electron chi connectivity index (χ1n) is 5.42. The van der Waals surface area contributed by atoms with Crippen LogP contribution in [0.25, 0.3) is 0 Å². The van der Waals surface area contributed by atoms with Gasteiger partial charge < -0.3 is 4.74 Å². The predicted octanol–water partition coefficient (Wildman–Crippen LogP) is 3.28. The number of methoxy groups -OCH3 is 1. The smallest absolute Gasteiger partial charge is 0.430 e. The summed E-state index contributed by atoms with van der Waals surface area (Å²) < 4.78 is 4.71. The molecule has 1 aromatic rings. The first-order chi connectivity index (χ1) is 8.65. The summed E-state index contributed by atoms with van der Waals surface area (Å²) in [5.74, 6) is 0. The summed E-state index contributed by atoms with van der Waals surface area (Å²) >= 11 is 9.23. The van der Waals surface area contributed by atoms with E-state index in [1.54, 1.807) is 0 Å². The van der Waals surface area contributed by atoms with Crippen LogP contribution in [0.3, 0.4) is 0 Å². The standard InChI is InChI=1S/C12H12BrClN2O2/c1-18-12(17)16-10(7-13)6-11(15-16)8-2-4-9(14)5-3-8/h2-5,10H,6-7H2,1H3. The highest BCUT2D eigenvalue weighted by molar-refractivity contribution is 9.09. The third-order valence-electron chi connectivity index (χ3n) is 2.72. The van der Waals surface area contributed by atoms with Crippen molar-refractivity contribution in [3.8, 4) is 0 Å². The maximum Gasteiger partial charge on any atom is 0.430 e. The second kappa shape index (κ2) is 5.71. The van der Waals surface area contributed by atoms with Crippen molar-refractivity contribution in [3.63, 3.8) is 0 Å². The van der Waals surface area contributed by atoms with Crippen LogP contribution in [0.5, 0.6) is 0 Å². The van der Waals surface area contributed by atoms with Crippen molar-refractivity contribution in [1.82, 2.24) is 5.01 Å². The summed E-state index contributed by atoms with van der Waals surface area (Å²) in [5.41, 5.74) is 1.83. The maximum atomic E-state index is 11.6.